The van der Waals surface area contributed by atoms with Crippen molar-refractivity contribution in [1.82, 2.24) is 10.9 Å². The molecule has 0 aliphatic heterocycles. The summed E-state index contributed by atoms with van der Waals surface area (Å²) in [5.41, 5.74) is 7.51. The third kappa shape index (κ3) is 5.56. The molecule has 0 radical (unpaired) electrons. The molecule has 0 heterocycles. The number of hydrazine groups is 1. The lowest BCUT2D eigenvalue weighted by Gasteiger charge is -2.63. The average Bonchev–Trinajstić information content (AvgIpc) is 3.28. The lowest BCUT2D eigenvalue weighted by Crippen LogP contribution is -2.69. The van der Waals surface area contributed by atoms with E-state index in [9.17, 15) is 24.3 Å². The van der Waals surface area contributed by atoms with Gasteiger partial charge < -0.3 is 20.3 Å². The Hall–Kier alpha value is -3.25. The van der Waals surface area contributed by atoms with E-state index in [1.165, 1.54) is 19.3 Å². The highest BCUT2D eigenvalue weighted by molar-refractivity contribution is 6.01. The number of nitrogens with two attached hydrogens (primary N) is 1. The summed E-state index contributed by atoms with van der Waals surface area (Å²) < 4.78 is 29.2. The number of hydrogen-bond acceptors (Lipinski definition) is 9. The fraction of sp³-hybridized carbons (Fsp3) is 0.622. The summed E-state index contributed by atoms with van der Waals surface area (Å²) in [7, 11) is 1.45. The Kier molecular flexibility index (Phi) is 9.93. The molecular formula is C37H50FN3O7. The number of amides is 1. The van der Waals surface area contributed by atoms with Crippen LogP contribution in [-0.2, 0) is 35.1 Å². The van der Waals surface area contributed by atoms with E-state index in [2.05, 4.69) is 10.9 Å². The maximum atomic E-state index is 17.5. The number of alkyl halides is 1. The average molecular weight is 668 g/mol. The first-order chi connectivity index (χ1) is 22.6. The van der Waals surface area contributed by atoms with Crippen LogP contribution in [0.3, 0.4) is 0 Å². The van der Waals surface area contributed by atoms with Crippen molar-refractivity contribution in [1.29, 1.82) is 0 Å². The highest BCUT2D eigenvalue weighted by Gasteiger charge is 2.76. The third-order valence-electron chi connectivity index (χ3n) is 12.4. The SMILES string of the molecule is CO[C@]1(C(=O)COC(=O)C(C)C(C)NNC(=O)C(N)Cc2ccccc2)[C@H](C)C[C@H]2[C@@H]3CCC4=CC(=O)C=C[C@]4(C)[C@@]3(F)[C@@H](O)C[C@@]21C. The van der Waals surface area contributed by atoms with Crippen molar-refractivity contribution in [3.8, 4) is 0 Å². The second-order valence-corrected chi connectivity index (χ2v) is 14.9. The number of carbonyl (C=O) groups is 4. The Morgan fingerprint density at radius 1 is 1.15 bits per heavy atom. The Morgan fingerprint density at radius 2 is 1.83 bits per heavy atom. The quantitative estimate of drug-likeness (QED) is 0.205. The third-order valence-corrected chi connectivity index (χ3v) is 12.4. The zero-order valence-corrected chi connectivity index (χ0v) is 28.8. The molecule has 11 heteroatoms. The number of fused-ring (bicyclic) bond motifs is 5. The van der Waals surface area contributed by atoms with Crippen LogP contribution in [0.4, 0.5) is 4.39 Å². The molecule has 5 N–H and O–H groups in total. The van der Waals surface area contributed by atoms with E-state index in [1.807, 2.05) is 44.2 Å². The van der Waals surface area contributed by atoms with Crippen molar-refractivity contribution < 1.29 is 38.1 Å². The molecule has 4 aliphatic rings. The van der Waals surface area contributed by atoms with Crippen LogP contribution in [0.5, 0.6) is 0 Å². The Balaban J connectivity index is 1.24. The van der Waals surface area contributed by atoms with Crippen molar-refractivity contribution in [2.24, 2.45) is 40.2 Å². The Bertz CT molecular complexity index is 1500. The summed E-state index contributed by atoms with van der Waals surface area (Å²) in [4.78, 5) is 52.0. The first-order valence-corrected chi connectivity index (χ1v) is 17.0. The van der Waals surface area contributed by atoms with Crippen LogP contribution < -0.4 is 16.6 Å². The highest BCUT2D eigenvalue weighted by Crippen LogP contribution is 2.71. The predicted molar refractivity (Wildman–Crippen MR) is 177 cm³/mol. The number of methoxy groups -OCH3 is 1. The van der Waals surface area contributed by atoms with Gasteiger partial charge in [0.15, 0.2) is 18.1 Å². The second kappa shape index (κ2) is 13.2. The number of rotatable bonds is 11. The van der Waals surface area contributed by atoms with Gasteiger partial charge in [-0.3, -0.25) is 24.6 Å². The molecule has 3 saturated carbocycles. The van der Waals surface area contributed by atoms with E-state index in [0.717, 1.165) is 5.56 Å². The molecule has 262 valence electrons. The number of nitrogens with one attached hydrogen (secondary N) is 2. The lowest BCUT2D eigenvalue weighted by atomic mass is 9.44. The van der Waals surface area contributed by atoms with Gasteiger partial charge in [-0.15, -0.1) is 0 Å². The lowest BCUT2D eigenvalue weighted by molar-refractivity contribution is -0.224. The van der Waals surface area contributed by atoms with Crippen molar-refractivity contribution in [2.45, 2.75) is 96.2 Å². The van der Waals surface area contributed by atoms with Gasteiger partial charge in [0.1, 0.15) is 5.60 Å². The monoisotopic (exact) mass is 667 g/mol. The van der Waals surface area contributed by atoms with E-state index in [4.69, 9.17) is 15.2 Å². The van der Waals surface area contributed by atoms with Crippen molar-refractivity contribution in [3.63, 3.8) is 0 Å². The van der Waals surface area contributed by atoms with E-state index in [0.29, 0.717) is 31.3 Å². The zero-order valence-electron chi connectivity index (χ0n) is 28.8. The molecule has 3 fully saturated rings. The number of benzene rings is 1. The molecule has 0 saturated heterocycles. The van der Waals surface area contributed by atoms with Gasteiger partial charge >= 0.3 is 5.97 Å². The van der Waals surface area contributed by atoms with Gasteiger partial charge in [0.25, 0.3) is 5.91 Å². The Morgan fingerprint density at radius 3 is 2.50 bits per heavy atom. The fourth-order valence-corrected chi connectivity index (χ4v) is 9.62. The number of allylic oxidation sites excluding steroid dienone is 4. The van der Waals surface area contributed by atoms with E-state index >= 15 is 4.39 Å². The molecule has 0 bridgehead atoms. The molecule has 0 spiro atoms. The topological polar surface area (TPSA) is 157 Å². The first-order valence-electron chi connectivity index (χ1n) is 17.0. The summed E-state index contributed by atoms with van der Waals surface area (Å²) in [5, 5.41) is 11.7. The van der Waals surface area contributed by atoms with Gasteiger partial charge in [0.2, 0.25) is 5.78 Å². The molecule has 0 aromatic heterocycles. The van der Waals surface area contributed by atoms with Crippen LogP contribution in [0.25, 0.3) is 0 Å². The van der Waals surface area contributed by atoms with Crippen molar-refractivity contribution >= 4 is 23.4 Å². The van der Waals surface area contributed by atoms with Gasteiger partial charge in [0, 0.05) is 29.9 Å². The van der Waals surface area contributed by atoms with Crippen LogP contribution in [0, 0.1) is 34.5 Å². The van der Waals surface area contributed by atoms with Crippen LogP contribution in [0.2, 0.25) is 0 Å². The number of halogens is 1. The molecule has 1 amide bonds. The number of esters is 1. The van der Waals surface area contributed by atoms with Crippen LogP contribution in [0.1, 0.15) is 65.9 Å². The summed E-state index contributed by atoms with van der Waals surface area (Å²) >= 11 is 0. The van der Waals surface area contributed by atoms with Crippen molar-refractivity contribution in [3.05, 3.63) is 59.7 Å². The van der Waals surface area contributed by atoms with Crippen LogP contribution >= 0.6 is 0 Å². The number of ketones is 2. The predicted octanol–water partition coefficient (Wildman–Crippen LogP) is 3.32. The number of ether oxygens (including phenoxy) is 2. The van der Waals surface area contributed by atoms with Gasteiger partial charge in [-0.2, -0.15) is 0 Å². The molecule has 48 heavy (non-hydrogen) atoms. The first kappa shape index (κ1) is 36.0. The second-order valence-electron chi connectivity index (χ2n) is 14.9. The zero-order chi connectivity index (χ0) is 35.2. The van der Waals surface area contributed by atoms with E-state index < -0.39 is 76.4 Å². The number of carbonyl (C=O) groups excluding carboxylic acids is 4. The standard InChI is InChI=1S/C37H50FN3O7/c1-21-16-28-27-13-12-25-18-26(42)14-15-34(25,4)36(27,38)30(43)19-35(28,5)37(21,47-6)31(44)20-48-33(46)22(2)23(3)40-41-32(45)29(39)17-24-10-8-7-9-11-24/h7-11,14-15,18,21-23,27-30,40,43H,12-13,16-17,19-20,39H2,1-6H3,(H,41,45)/t21-,22?,23?,27+,28+,29?,30+,34+,35+,36+,37+/m1/s1. The molecule has 5 rings (SSSR count). The molecule has 1 aromatic carbocycles. The summed E-state index contributed by atoms with van der Waals surface area (Å²) in [6.45, 7) is 8.32. The van der Waals surface area contributed by atoms with Gasteiger partial charge in [0.05, 0.1) is 18.1 Å². The molecule has 1 aromatic rings. The van der Waals surface area contributed by atoms with Crippen LogP contribution in [0.15, 0.2) is 54.1 Å². The number of aliphatic hydroxyl groups is 1. The van der Waals surface area contributed by atoms with Gasteiger partial charge in [-0.1, -0.05) is 62.8 Å². The molecular weight excluding hydrogens is 617 g/mol. The fourth-order valence-electron chi connectivity index (χ4n) is 9.62. The summed E-state index contributed by atoms with van der Waals surface area (Å²) in [5.74, 6) is -3.66. The summed E-state index contributed by atoms with van der Waals surface area (Å²) in [6.07, 6.45) is 4.83. The minimum Gasteiger partial charge on any atom is -0.457 e. The minimum atomic E-state index is -2.03. The summed E-state index contributed by atoms with van der Waals surface area (Å²) in [6, 6.07) is 8.04. The van der Waals surface area contributed by atoms with Crippen LogP contribution in [-0.4, -0.2) is 71.7 Å². The normalized spacial score (nSPS) is 37.3. The van der Waals surface area contributed by atoms with E-state index in [-0.39, 0.29) is 24.0 Å². The molecule has 4 aliphatic carbocycles. The molecule has 10 nitrogen and oxygen atoms in total. The minimum absolute atomic E-state index is 0.0311. The number of hydrogen-bond donors (Lipinski definition) is 4. The maximum absolute atomic E-state index is 17.5. The molecule has 3 unspecified atom stereocenters. The largest absolute Gasteiger partial charge is 0.457 e. The van der Waals surface area contributed by atoms with Gasteiger partial charge in [-0.25, -0.2) is 9.82 Å². The maximum Gasteiger partial charge on any atom is 0.310 e. The smallest absolute Gasteiger partial charge is 0.310 e. The molecule has 11 atom stereocenters. The number of Topliss-reactive ketones (excluding diaryl/α,β-unsaturated/α-hetero) is 1. The van der Waals surface area contributed by atoms with Crippen molar-refractivity contribution in [2.75, 3.05) is 13.7 Å². The van der Waals surface area contributed by atoms with Gasteiger partial charge in [-0.05, 0) is 75.5 Å². The number of aliphatic hydroxyl groups excluding tert-OH is 1. The highest BCUT2D eigenvalue weighted by atomic mass is 19.1. The van der Waals surface area contributed by atoms with E-state index in [1.54, 1.807) is 26.8 Å². The Labute approximate surface area is 282 Å².